The van der Waals surface area contributed by atoms with E-state index >= 15 is 0 Å². The van der Waals surface area contributed by atoms with Gasteiger partial charge in [-0.2, -0.15) is 0 Å². The van der Waals surface area contributed by atoms with E-state index in [1.807, 2.05) is 24.3 Å². The zero-order valence-electron chi connectivity index (χ0n) is 16.0. The SMILES string of the molecule is O=C(c1cccc(F)c1)N(Cc1cccc(Cl)c1)CC1CC(c2cccnc2)=NO1. The highest BCUT2D eigenvalue weighted by Crippen LogP contribution is 2.20. The minimum absolute atomic E-state index is 0.281. The summed E-state index contributed by atoms with van der Waals surface area (Å²) in [7, 11) is 0. The van der Waals surface area contributed by atoms with E-state index in [-0.39, 0.29) is 17.6 Å². The van der Waals surface area contributed by atoms with Gasteiger partial charge in [-0.3, -0.25) is 9.78 Å². The van der Waals surface area contributed by atoms with E-state index in [0.717, 1.165) is 16.8 Å². The number of carbonyl (C=O) groups is 1. The van der Waals surface area contributed by atoms with Gasteiger partial charge < -0.3 is 9.74 Å². The van der Waals surface area contributed by atoms with Crippen molar-refractivity contribution in [3.8, 4) is 0 Å². The molecule has 2 aromatic carbocycles. The van der Waals surface area contributed by atoms with E-state index in [9.17, 15) is 9.18 Å². The van der Waals surface area contributed by atoms with Crippen LogP contribution in [0.25, 0.3) is 0 Å². The van der Waals surface area contributed by atoms with Crippen molar-refractivity contribution < 1.29 is 14.0 Å². The number of halogens is 2. The van der Waals surface area contributed by atoms with Crippen molar-refractivity contribution in [3.05, 3.63) is 101 Å². The van der Waals surface area contributed by atoms with Crippen LogP contribution >= 0.6 is 11.6 Å². The zero-order valence-corrected chi connectivity index (χ0v) is 16.8. The summed E-state index contributed by atoms with van der Waals surface area (Å²) < 4.78 is 13.7. The third-order valence-electron chi connectivity index (χ3n) is 4.77. The first-order valence-electron chi connectivity index (χ1n) is 9.51. The molecule has 2 heterocycles. The van der Waals surface area contributed by atoms with Crippen LogP contribution in [0.2, 0.25) is 5.02 Å². The lowest BCUT2D eigenvalue weighted by atomic mass is 10.1. The number of hydrogen-bond acceptors (Lipinski definition) is 4. The Kier molecular flexibility index (Phi) is 6.05. The van der Waals surface area contributed by atoms with E-state index in [0.29, 0.717) is 24.5 Å². The van der Waals surface area contributed by atoms with Gasteiger partial charge in [-0.1, -0.05) is 35.0 Å². The Hall–Kier alpha value is -3.25. The average Bonchev–Trinajstić information content (AvgIpc) is 3.22. The molecular weight excluding hydrogens is 405 g/mol. The number of pyridine rings is 1. The third-order valence-corrected chi connectivity index (χ3v) is 5.01. The van der Waals surface area contributed by atoms with Gasteiger partial charge in [-0.15, -0.1) is 0 Å². The molecule has 0 saturated heterocycles. The van der Waals surface area contributed by atoms with Crippen LogP contribution in [0.4, 0.5) is 4.39 Å². The molecule has 1 atom stereocenters. The Morgan fingerprint density at radius 3 is 2.80 bits per heavy atom. The molecule has 0 aliphatic carbocycles. The van der Waals surface area contributed by atoms with Crippen LogP contribution < -0.4 is 0 Å². The maximum Gasteiger partial charge on any atom is 0.254 e. The van der Waals surface area contributed by atoms with Gasteiger partial charge in [0.1, 0.15) is 5.82 Å². The van der Waals surface area contributed by atoms with Crippen LogP contribution in [-0.2, 0) is 11.4 Å². The van der Waals surface area contributed by atoms with Crippen LogP contribution in [0.15, 0.2) is 78.2 Å². The number of amides is 1. The van der Waals surface area contributed by atoms with E-state index in [4.69, 9.17) is 16.4 Å². The van der Waals surface area contributed by atoms with Crippen molar-refractivity contribution in [3.63, 3.8) is 0 Å². The predicted molar refractivity (Wildman–Crippen MR) is 113 cm³/mol. The second-order valence-corrected chi connectivity index (χ2v) is 7.47. The van der Waals surface area contributed by atoms with Gasteiger partial charge in [0.25, 0.3) is 5.91 Å². The van der Waals surface area contributed by atoms with Crippen molar-refractivity contribution in [2.45, 2.75) is 19.1 Å². The molecule has 1 aromatic heterocycles. The Balaban J connectivity index is 1.52. The van der Waals surface area contributed by atoms with Crippen molar-refractivity contribution >= 4 is 23.2 Å². The number of rotatable bonds is 6. The molecule has 5 nitrogen and oxygen atoms in total. The molecule has 1 aliphatic heterocycles. The van der Waals surface area contributed by atoms with Gasteiger partial charge in [-0.25, -0.2) is 4.39 Å². The van der Waals surface area contributed by atoms with E-state index < -0.39 is 5.82 Å². The minimum Gasteiger partial charge on any atom is -0.390 e. The number of benzene rings is 2. The molecule has 7 heteroatoms. The first-order valence-corrected chi connectivity index (χ1v) is 9.88. The van der Waals surface area contributed by atoms with Gasteiger partial charge >= 0.3 is 0 Å². The van der Waals surface area contributed by atoms with Gasteiger partial charge in [0.05, 0.1) is 12.3 Å². The lowest BCUT2D eigenvalue weighted by Crippen LogP contribution is -2.37. The van der Waals surface area contributed by atoms with E-state index in [2.05, 4.69) is 10.1 Å². The van der Waals surface area contributed by atoms with Gasteiger partial charge in [0.15, 0.2) is 6.10 Å². The normalized spacial score (nSPS) is 15.4. The third kappa shape index (κ3) is 4.83. The smallest absolute Gasteiger partial charge is 0.254 e. The molecule has 152 valence electrons. The highest BCUT2D eigenvalue weighted by atomic mass is 35.5. The Bertz CT molecular complexity index is 1070. The van der Waals surface area contributed by atoms with E-state index in [1.54, 1.807) is 35.5 Å². The summed E-state index contributed by atoms with van der Waals surface area (Å²) in [5, 5.41) is 4.75. The first kappa shape index (κ1) is 20.0. The Labute approximate surface area is 178 Å². The quantitative estimate of drug-likeness (QED) is 0.577. The highest BCUT2D eigenvalue weighted by Gasteiger charge is 2.27. The fourth-order valence-corrected chi connectivity index (χ4v) is 3.57. The molecular formula is C23H19ClFN3O2. The summed E-state index contributed by atoms with van der Waals surface area (Å²) in [5.74, 6) is -0.740. The molecule has 1 unspecified atom stereocenters. The molecule has 0 spiro atoms. The maximum atomic E-state index is 13.7. The van der Waals surface area contributed by atoms with Crippen molar-refractivity contribution in [1.82, 2.24) is 9.88 Å². The molecule has 0 fully saturated rings. The number of aromatic nitrogens is 1. The summed E-state index contributed by atoms with van der Waals surface area (Å²) in [6, 6.07) is 16.7. The molecule has 0 bridgehead atoms. The second-order valence-electron chi connectivity index (χ2n) is 7.04. The maximum absolute atomic E-state index is 13.7. The Morgan fingerprint density at radius 1 is 1.17 bits per heavy atom. The standard InChI is InChI=1S/C23H19ClFN3O2/c24-19-7-1-4-16(10-19)14-28(23(29)17-5-2-8-20(25)11-17)15-21-12-22(27-30-21)18-6-3-9-26-13-18/h1-11,13,21H,12,14-15H2. The summed E-state index contributed by atoms with van der Waals surface area (Å²) >= 11 is 6.10. The number of hydrogen-bond donors (Lipinski definition) is 0. The molecule has 0 N–H and O–H groups in total. The molecule has 0 saturated carbocycles. The van der Waals surface area contributed by atoms with Crippen LogP contribution in [0.3, 0.4) is 0 Å². The van der Waals surface area contributed by atoms with Gasteiger partial charge in [0, 0.05) is 41.5 Å². The van der Waals surface area contributed by atoms with Crippen molar-refractivity contribution in [2.75, 3.05) is 6.54 Å². The minimum atomic E-state index is -0.456. The molecule has 4 rings (SSSR count). The predicted octanol–water partition coefficient (Wildman–Crippen LogP) is 4.71. The van der Waals surface area contributed by atoms with Crippen molar-refractivity contribution in [2.24, 2.45) is 5.16 Å². The lowest BCUT2D eigenvalue weighted by molar-refractivity contribution is 0.0405. The first-order chi connectivity index (χ1) is 14.6. The summed E-state index contributed by atoms with van der Waals surface area (Å²) in [6.07, 6.45) is 3.67. The highest BCUT2D eigenvalue weighted by molar-refractivity contribution is 6.30. The Morgan fingerprint density at radius 2 is 2.03 bits per heavy atom. The van der Waals surface area contributed by atoms with Crippen molar-refractivity contribution in [1.29, 1.82) is 0 Å². The number of carbonyl (C=O) groups excluding carboxylic acids is 1. The van der Waals surface area contributed by atoms with Crippen LogP contribution in [0.5, 0.6) is 0 Å². The monoisotopic (exact) mass is 423 g/mol. The lowest BCUT2D eigenvalue weighted by Gasteiger charge is -2.25. The van der Waals surface area contributed by atoms with E-state index in [1.165, 1.54) is 18.2 Å². The van der Waals surface area contributed by atoms with Crippen LogP contribution in [0.1, 0.15) is 27.9 Å². The van der Waals surface area contributed by atoms with Gasteiger partial charge in [0.2, 0.25) is 0 Å². The van der Waals surface area contributed by atoms with Crippen LogP contribution in [-0.4, -0.2) is 34.2 Å². The molecule has 1 aliphatic rings. The molecule has 1 amide bonds. The fourth-order valence-electron chi connectivity index (χ4n) is 3.36. The van der Waals surface area contributed by atoms with Gasteiger partial charge in [-0.05, 0) is 48.0 Å². The summed E-state index contributed by atoms with van der Waals surface area (Å²) in [5.41, 5.74) is 2.83. The number of nitrogens with zero attached hydrogens (tertiary/aromatic N) is 3. The second kappa shape index (κ2) is 9.05. The zero-order chi connectivity index (χ0) is 20.9. The number of oxime groups is 1. The molecule has 3 aromatic rings. The largest absolute Gasteiger partial charge is 0.390 e. The average molecular weight is 424 g/mol. The fraction of sp³-hybridized carbons (Fsp3) is 0.174. The summed E-state index contributed by atoms with van der Waals surface area (Å²) in [6.45, 7) is 0.618. The van der Waals surface area contributed by atoms with Crippen LogP contribution in [0, 0.1) is 5.82 Å². The molecule has 0 radical (unpaired) electrons. The molecule has 30 heavy (non-hydrogen) atoms. The summed E-state index contributed by atoms with van der Waals surface area (Å²) in [4.78, 5) is 24.5. The topological polar surface area (TPSA) is 54.8 Å².